The minimum absolute atomic E-state index is 0.141. The van der Waals surface area contributed by atoms with Crippen molar-refractivity contribution >= 4 is 17.7 Å². The van der Waals surface area contributed by atoms with Crippen molar-refractivity contribution in [1.82, 2.24) is 14.7 Å². The number of amides is 1. The summed E-state index contributed by atoms with van der Waals surface area (Å²) >= 11 is 1.68. The van der Waals surface area contributed by atoms with Gasteiger partial charge in [0, 0.05) is 49.9 Å². The fourth-order valence-electron chi connectivity index (χ4n) is 4.24. The average Bonchev–Trinajstić information content (AvgIpc) is 3.36. The Balaban J connectivity index is 1.31. The molecular formula is C25H30N4OS. The third kappa shape index (κ3) is 5.88. The van der Waals surface area contributed by atoms with E-state index in [0.717, 1.165) is 61.0 Å². The quantitative estimate of drug-likeness (QED) is 0.622. The molecule has 4 rings (SSSR count). The van der Waals surface area contributed by atoms with E-state index in [1.165, 1.54) is 25.9 Å². The molecule has 2 aromatic carbocycles. The molecule has 5 nitrogen and oxygen atoms in total. The van der Waals surface area contributed by atoms with Crippen LogP contribution in [0.25, 0.3) is 0 Å². The Morgan fingerprint density at radius 3 is 2.19 bits per heavy atom. The Kier molecular flexibility index (Phi) is 7.63. The fraction of sp³-hybridized carbons (Fsp3) is 0.440. The number of piperazine rings is 1. The van der Waals surface area contributed by atoms with Crippen LogP contribution in [0.2, 0.25) is 0 Å². The van der Waals surface area contributed by atoms with E-state index < -0.39 is 0 Å². The Labute approximate surface area is 189 Å². The summed E-state index contributed by atoms with van der Waals surface area (Å²) in [4.78, 5) is 21.3. The number of carbonyl (C=O) groups is 1. The van der Waals surface area contributed by atoms with Gasteiger partial charge in [0.25, 0.3) is 5.91 Å². The zero-order valence-electron chi connectivity index (χ0n) is 18.0. The lowest BCUT2D eigenvalue weighted by Gasteiger charge is -2.35. The number of likely N-dealkylation sites (tertiary alicyclic amines) is 1. The highest BCUT2D eigenvalue weighted by atomic mass is 32.2. The lowest BCUT2D eigenvalue weighted by atomic mass is 10.1. The summed E-state index contributed by atoms with van der Waals surface area (Å²) in [6, 6.07) is 17.7. The molecule has 1 amide bonds. The molecule has 31 heavy (non-hydrogen) atoms. The maximum absolute atomic E-state index is 13.2. The summed E-state index contributed by atoms with van der Waals surface area (Å²) in [5, 5.41) is 8.95. The van der Waals surface area contributed by atoms with Crippen LogP contribution in [-0.4, -0.2) is 73.0 Å². The highest BCUT2D eigenvalue weighted by molar-refractivity contribution is 7.98. The van der Waals surface area contributed by atoms with E-state index in [9.17, 15) is 4.79 Å². The van der Waals surface area contributed by atoms with Gasteiger partial charge < -0.3 is 9.80 Å². The number of rotatable bonds is 7. The predicted molar refractivity (Wildman–Crippen MR) is 125 cm³/mol. The molecule has 2 saturated heterocycles. The van der Waals surface area contributed by atoms with Crippen LogP contribution in [0.1, 0.15) is 34.3 Å². The number of benzene rings is 2. The number of nitrogens with zero attached hydrogens (tertiary/aromatic N) is 4. The van der Waals surface area contributed by atoms with Crippen molar-refractivity contribution in [3.8, 4) is 6.07 Å². The summed E-state index contributed by atoms with van der Waals surface area (Å²) in [5.41, 5.74) is 2.62. The van der Waals surface area contributed by atoms with Crippen LogP contribution in [0.3, 0.4) is 0 Å². The second kappa shape index (κ2) is 10.8. The van der Waals surface area contributed by atoms with E-state index >= 15 is 0 Å². The van der Waals surface area contributed by atoms with Crippen molar-refractivity contribution in [1.29, 1.82) is 5.26 Å². The monoisotopic (exact) mass is 434 g/mol. The molecule has 2 aliphatic rings. The number of thioether (sulfide) groups is 1. The Morgan fingerprint density at radius 2 is 1.52 bits per heavy atom. The van der Waals surface area contributed by atoms with Gasteiger partial charge in [0.05, 0.1) is 17.2 Å². The van der Waals surface area contributed by atoms with Gasteiger partial charge in [0.1, 0.15) is 0 Å². The molecule has 0 N–H and O–H groups in total. The maximum Gasteiger partial charge on any atom is 0.255 e. The van der Waals surface area contributed by atoms with Crippen LogP contribution in [-0.2, 0) is 5.75 Å². The minimum Gasteiger partial charge on any atom is -0.336 e. The molecule has 0 unspecified atom stereocenters. The molecule has 2 aliphatic heterocycles. The molecule has 2 fully saturated rings. The summed E-state index contributed by atoms with van der Waals surface area (Å²) in [7, 11) is 0. The van der Waals surface area contributed by atoms with E-state index in [-0.39, 0.29) is 5.91 Å². The largest absolute Gasteiger partial charge is 0.336 e. The molecule has 0 atom stereocenters. The van der Waals surface area contributed by atoms with Crippen molar-refractivity contribution in [2.24, 2.45) is 0 Å². The third-order valence-corrected chi connectivity index (χ3v) is 7.33. The lowest BCUT2D eigenvalue weighted by molar-refractivity contribution is 0.0623. The van der Waals surface area contributed by atoms with Crippen molar-refractivity contribution in [3.05, 3.63) is 65.2 Å². The molecular weight excluding hydrogens is 404 g/mol. The Bertz CT molecular complexity index is 910. The first-order chi connectivity index (χ1) is 15.2. The first-order valence-corrected chi connectivity index (χ1v) is 12.2. The van der Waals surface area contributed by atoms with Gasteiger partial charge in [-0.3, -0.25) is 9.69 Å². The zero-order chi connectivity index (χ0) is 21.5. The molecule has 0 bridgehead atoms. The molecule has 162 valence electrons. The first-order valence-electron chi connectivity index (χ1n) is 11.2. The minimum atomic E-state index is 0.141. The van der Waals surface area contributed by atoms with Gasteiger partial charge in [-0.1, -0.05) is 24.3 Å². The van der Waals surface area contributed by atoms with Crippen molar-refractivity contribution < 1.29 is 4.79 Å². The number of hydrogen-bond donors (Lipinski definition) is 0. The van der Waals surface area contributed by atoms with Crippen LogP contribution in [0, 0.1) is 11.3 Å². The summed E-state index contributed by atoms with van der Waals surface area (Å²) in [6.45, 7) is 8.27. The van der Waals surface area contributed by atoms with Crippen molar-refractivity contribution in [3.63, 3.8) is 0 Å². The highest BCUT2D eigenvalue weighted by Crippen LogP contribution is 2.27. The summed E-state index contributed by atoms with van der Waals surface area (Å²) in [5.74, 6) is 0.919. The van der Waals surface area contributed by atoms with E-state index in [4.69, 9.17) is 5.26 Å². The van der Waals surface area contributed by atoms with Crippen LogP contribution in [0.15, 0.2) is 53.4 Å². The molecule has 2 heterocycles. The molecule has 6 heteroatoms. The van der Waals surface area contributed by atoms with Crippen LogP contribution in [0.4, 0.5) is 0 Å². The second-order valence-corrected chi connectivity index (χ2v) is 9.29. The number of nitriles is 1. The standard InChI is InChI=1S/C25H30N4OS/c26-19-21-7-9-22(10-8-21)20-31-24-6-2-1-5-23(24)25(30)29-17-15-28(16-18-29)14-13-27-11-3-4-12-27/h1-2,5-10H,3-4,11-18,20H2. The molecule has 0 radical (unpaired) electrons. The van der Waals surface area contributed by atoms with Crippen molar-refractivity contribution in [2.45, 2.75) is 23.5 Å². The molecule has 0 saturated carbocycles. The lowest BCUT2D eigenvalue weighted by Crippen LogP contribution is -2.50. The van der Waals surface area contributed by atoms with Gasteiger partial charge in [-0.05, 0) is 55.8 Å². The smallest absolute Gasteiger partial charge is 0.255 e. The van der Waals surface area contributed by atoms with Gasteiger partial charge in [0.15, 0.2) is 0 Å². The van der Waals surface area contributed by atoms with Gasteiger partial charge in [-0.15, -0.1) is 11.8 Å². The predicted octanol–water partition coefficient (Wildman–Crippen LogP) is 3.70. The van der Waals surface area contributed by atoms with E-state index in [2.05, 4.69) is 15.9 Å². The van der Waals surface area contributed by atoms with Crippen LogP contribution in [0.5, 0.6) is 0 Å². The van der Waals surface area contributed by atoms with Gasteiger partial charge in [0.2, 0.25) is 0 Å². The Morgan fingerprint density at radius 1 is 0.871 bits per heavy atom. The van der Waals surface area contributed by atoms with Crippen LogP contribution < -0.4 is 0 Å². The average molecular weight is 435 g/mol. The molecule has 0 aliphatic carbocycles. The molecule has 2 aromatic rings. The van der Waals surface area contributed by atoms with Crippen LogP contribution >= 0.6 is 11.8 Å². The van der Waals surface area contributed by atoms with E-state index in [0.29, 0.717) is 5.56 Å². The highest BCUT2D eigenvalue weighted by Gasteiger charge is 2.24. The first kappa shape index (κ1) is 21.9. The fourth-order valence-corrected chi connectivity index (χ4v) is 5.24. The molecule has 0 spiro atoms. The topological polar surface area (TPSA) is 50.6 Å². The van der Waals surface area contributed by atoms with Gasteiger partial charge in [-0.2, -0.15) is 5.26 Å². The maximum atomic E-state index is 13.2. The SMILES string of the molecule is N#Cc1ccc(CSc2ccccc2C(=O)N2CCN(CCN3CCCC3)CC2)cc1. The summed E-state index contributed by atoms with van der Waals surface area (Å²) in [6.07, 6.45) is 2.68. The van der Waals surface area contributed by atoms with E-state index in [1.807, 2.05) is 53.4 Å². The number of carbonyl (C=O) groups excluding carboxylic acids is 1. The summed E-state index contributed by atoms with van der Waals surface area (Å²) < 4.78 is 0. The third-order valence-electron chi connectivity index (χ3n) is 6.19. The van der Waals surface area contributed by atoms with Gasteiger partial charge in [-0.25, -0.2) is 0 Å². The van der Waals surface area contributed by atoms with E-state index in [1.54, 1.807) is 11.8 Å². The normalized spacial score (nSPS) is 17.6. The molecule has 0 aromatic heterocycles. The number of hydrogen-bond acceptors (Lipinski definition) is 5. The second-order valence-electron chi connectivity index (χ2n) is 8.28. The zero-order valence-corrected chi connectivity index (χ0v) is 18.8. The Hall–Kier alpha value is -2.33. The van der Waals surface area contributed by atoms with Crippen molar-refractivity contribution in [2.75, 3.05) is 52.4 Å². The van der Waals surface area contributed by atoms with Gasteiger partial charge >= 0.3 is 0 Å².